The summed E-state index contributed by atoms with van der Waals surface area (Å²) < 4.78 is 16.9. The van der Waals surface area contributed by atoms with Gasteiger partial charge in [-0.1, -0.05) is 37.6 Å². The van der Waals surface area contributed by atoms with Crippen molar-refractivity contribution in [2.45, 2.75) is 51.7 Å². The van der Waals surface area contributed by atoms with Gasteiger partial charge in [-0.2, -0.15) is 0 Å². The van der Waals surface area contributed by atoms with E-state index in [0.29, 0.717) is 28.4 Å². The predicted octanol–water partition coefficient (Wildman–Crippen LogP) is 5.07. The van der Waals surface area contributed by atoms with Gasteiger partial charge in [-0.3, -0.25) is 9.59 Å². The fourth-order valence-corrected chi connectivity index (χ4v) is 5.12. The molecule has 7 nitrogen and oxygen atoms in total. The Morgan fingerprint density at radius 3 is 2.84 bits per heavy atom. The molecule has 1 aromatic carbocycles. The number of nitrogens with one attached hydrogen (secondary N) is 1. The lowest BCUT2D eigenvalue weighted by Gasteiger charge is -2.20. The van der Waals surface area contributed by atoms with Crippen LogP contribution in [0.3, 0.4) is 0 Å². The lowest BCUT2D eigenvalue weighted by Crippen LogP contribution is -2.32. The maximum Gasteiger partial charge on any atom is 0.324 e. The molecule has 1 N–H and O–H groups in total. The third-order valence-electron chi connectivity index (χ3n) is 5.89. The smallest absolute Gasteiger partial charge is 0.324 e. The number of para-hydroxylation sites is 1. The van der Waals surface area contributed by atoms with E-state index in [4.69, 9.17) is 25.8 Å². The van der Waals surface area contributed by atoms with E-state index < -0.39 is 29.1 Å². The van der Waals surface area contributed by atoms with E-state index in [-0.39, 0.29) is 19.4 Å². The van der Waals surface area contributed by atoms with Crippen molar-refractivity contribution in [1.82, 2.24) is 4.98 Å². The molecule has 2 aliphatic rings. The molecule has 0 aliphatic carbocycles. The van der Waals surface area contributed by atoms with E-state index in [1.165, 1.54) is 11.3 Å². The number of ether oxygens (including phenoxy) is 3. The van der Waals surface area contributed by atoms with Crippen LogP contribution in [0.25, 0.3) is 0 Å². The fourth-order valence-electron chi connectivity index (χ4n) is 4.10. The van der Waals surface area contributed by atoms with E-state index in [0.717, 1.165) is 12.1 Å². The highest BCUT2D eigenvalue weighted by atomic mass is 35.5. The monoisotopic (exact) mass is 478 g/mol. The van der Waals surface area contributed by atoms with Crippen LogP contribution in [0.4, 0.5) is 10.8 Å². The Kier molecular flexibility index (Phi) is 6.47. The highest BCUT2D eigenvalue weighted by molar-refractivity contribution is 7.13. The van der Waals surface area contributed by atoms with Gasteiger partial charge in [0.1, 0.15) is 6.10 Å². The van der Waals surface area contributed by atoms with Gasteiger partial charge in [-0.15, -0.1) is 11.3 Å². The SMILES string of the molecule is CC(C)CCOCC1CC2(CC(C)(c3csc(Nc4ccccc4Cl)n3)OC2=O)C(=O)O1. The summed E-state index contributed by atoms with van der Waals surface area (Å²) in [5.74, 6) is -0.551. The van der Waals surface area contributed by atoms with Crippen LogP contribution in [0.15, 0.2) is 29.6 Å². The molecule has 1 aromatic heterocycles. The molecule has 4 rings (SSSR count). The lowest BCUT2D eigenvalue weighted by molar-refractivity contribution is -0.160. The molecule has 2 aromatic rings. The fraction of sp³-hybridized carbons (Fsp3) is 0.522. The first kappa shape index (κ1) is 23.0. The standard InChI is InChI=1S/C23H27ClN2O5S/c1-14(2)8-9-29-11-15-10-23(19(27)30-15)13-22(3,31-20(23)28)18-12-32-21(26-18)25-17-7-5-4-6-16(17)24/h4-7,12,14-15H,8-11,13H2,1-3H3,(H,25,26). The number of hydrogen-bond donors (Lipinski definition) is 1. The van der Waals surface area contributed by atoms with Gasteiger partial charge in [0, 0.05) is 24.8 Å². The van der Waals surface area contributed by atoms with Crippen molar-refractivity contribution in [3.63, 3.8) is 0 Å². The number of cyclic esters (lactones) is 2. The van der Waals surface area contributed by atoms with Crippen LogP contribution in [-0.2, 0) is 29.4 Å². The Bertz CT molecular complexity index is 1010. The molecule has 2 aliphatic heterocycles. The van der Waals surface area contributed by atoms with Gasteiger partial charge in [-0.05, 0) is 31.4 Å². The van der Waals surface area contributed by atoms with E-state index in [9.17, 15) is 9.59 Å². The van der Waals surface area contributed by atoms with Crippen molar-refractivity contribution in [3.8, 4) is 0 Å². The number of nitrogens with zero attached hydrogens (tertiary/aromatic N) is 1. The average molecular weight is 479 g/mol. The second-order valence-corrected chi connectivity index (χ2v) is 10.3. The Morgan fingerprint density at radius 2 is 2.09 bits per heavy atom. The summed E-state index contributed by atoms with van der Waals surface area (Å²) in [7, 11) is 0. The first-order valence-corrected chi connectivity index (χ1v) is 12.0. The number of carbonyl (C=O) groups excluding carboxylic acids is 2. The molecule has 3 atom stereocenters. The van der Waals surface area contributed by atoms with Crippen molar-refractivity contribution in [2.75, 3.05) is 18.5 Å². The zero-order valence-corrected chi connectivity index (χ0v) is 19.9. The van der Waals surface area contributed by atoms with Gasteiger partial charge < -0.3 is 19.5 Å². The van der Waals surface area contributed by atoms with Crippen LogP contribution in [0, 0.1) is 11.3 Å². The van der Waals surface area contributed by atoms with E-state index in [2.05, 4.69) is 24.1 Å². The summed E-state index contributed by atoms with van der Waals surface area (Å²) in [6.07, 6.45) is 0.935. The van der Waals surface area contributed by atoms with Crippen molar-refractivity contribution in [1.29, 1.82) is 0 Å². The molecule has 9 heteroatoms. The van der Waals surface area contributed by atoms with Crippen molar-refractivity contribution in [2.24, 2.45) is 11.3 Å². The summed E-state index contributed by atoms with van der Waals surface area (Å²) in [4.78, 5) is 30.2. The number of aromatic nitrogens is 1. The normalized spacial score (nSPS) is 27.2. The largest absolute Gasteiger partial charge is 0.459 e. The van der Waals surface area contributed by atoms with Crippen LogP contribution in [0.5, 0.6) is 0 Å². The molecular formula is C23H27ClN2O5S. The van der Waals surface area contributed by atoms with Gasteiger partial charge in [0.25, 0.3) is 0 Å². The maximum absolute atomic E-state index is 12.9. The minimum Gasteiger partial charge on any atom is -0.459 e. The van der Waals surface area contributed by atoms with Gasteiger partial charge in [-0.25, -0.2) is 4.98 Å². The molecule has 0 bridgehead atoms. The van der Waals surface area contributed by atoms with Crippen molar-refractivity contribution >= 4 is 45.7 Å². The van der Waals surface area contributed by atoms with E-state index in [1.807, 2.05) is 23.6 Å². The summed E-state index contributed by atoms with van der Waals surface area (Å²) in [6, 6.07) is 7.37. The zero-order valence-electron chi connectivity index (χ0n) is 18.4. The molecule has 2 saturated heterocycles. The second kappa shape index (κ2) is 9.00. The lowest BCUT2D eigenvalue weighted by atomic mass is 9.78. The number of benzene rings is 1. The van der Waals surface area contributed by atoms with Gasteiger partial charge >= 0.3 is 11.9 Å². The number of anilines is 2. The van der Waals surface area contributed by atoms with Crippen molar-refractivity contribution in [3.05, 3.63) is 40.4 Å². The van der Waals surface area contributed by atoms with Crippen LogP contribution >= 0.6 is 22.9 Å². The Balaban J connectivity index is 1.44. The number of halogens is 1. The van der Waals surface area contributed by atoms with E-state index >= 15 is 0 Å². The first-order chi connectivity index (χ1) is 15.2. The molecule has 3 heterocycles. The number of thiazole rings is 1. The van der Waals surface area contributed by atoms with Crippen LogP contribution in [-0.4, -0.2) is 36.2 Å². The molecule has 3 unspecified atom stereocenters. The minimum absolute atomic E-state index is 0.190. The minimum atomic E-state index is -1.30. The van der Waals surface area contributed by atoms with Crippen molar-refractivity contribution < 1.29 is 23.8 Å². The number of esters is 2. The molecular weight excluding hydrogens is 452 g/mol. The summed E-state index contributed by atoms with van der Waals surface area (Å²) in [6.45, 7) is 6.91. The Labute approximate surface area is 196 Å². The summed E-state index contributed by atoms with van der Waals surface area (Å²) in [5, 5.41) is 6.22. The third kappa shape index (κ3) is 4.49. The predicted molar refractivity (Wildman–Crippen MR) is 122 cm³/mol. The van der Waals surface area contributed by atoms with Gasteiger partial charge in [0.2, 0.25) is 0 Å². The molecule has 0 amide bonds. The molecule has 32 heavy (non-hydrogen) atoms. The quantitative estimate of drug-likeness (QED) is 0.322. The zero-order chi connectivity index (χ0) is 22.9. The Morgan fingerprint density at radius 1 is 1.31 bits per heavy atom. The third-order valence-corrected chi connectivity index (χ3v) is 6.98. The molecule has 1 spiro atoms. The maximum atomic E-state index is 12.9. The Hall–Kier alpha value is -2.16. The van der Waals surface area contributed by atoms with Crippen LogP contribution < -0.4 is 5.32 Å². The first-order valence-electron chi connectivity index (χ1n) is 10.7. The summed E-state index contributed by atoms with van der Waals surface area (Å²) >= 11 is 7.59. The van der Waals surface area contributed by atoms with Crippen LogP contribution in [0.1, 0.15) is 45.7 Å². The number of rotatable bonds is 8. The van der Waals surface area contributed by atoms with E-state index in [1.54, 1.807) is 13.0 Å². The average Bonchev–Trinajstić information content (AvgIpc) is 3.39. The van der Waals surface area contributed by atoms with Gasteiger partial charge in [0.15, 0.2) is 16.1 Å². The summed E-state index contributed by atoms with van der Waals surface area (Å²) in [5.41, 5.74) is -0.993. The van der Waals surface area contributed by atoms with Crippen LogP contribution in [0.2, 0.25) is 5.02 Å². The number of carbonyl (C=O) groups is 2. The second-order valence-electron chi connectivity index (χ2n) is 9.01. The topological polar surface area (TPSA) is 86.8 Å². The highest BCUT2D eigenvalue weighted by Crippen LogP contribution is 2.52. The molecule has 2 fully saturated rings. The molecule has 0 radical (unpaired) electrons. The highest BCUT2D eigenvalue weighted by Gasteiger charge is 2.65. The molecule has 0 saturated carbocycles. The number of hydrogen-bond acceptors (Lipinski definition) is 8. The van der Waals surface area contributed by atoms with Gasteiger partial charge in [0.05, 0.1) is 23.0 Å². The molecule has 172 valence electrons.